The van der Waals surface area contributed by atoms with Gasteiger partial charge in [-0.1, -0.05) is 25.0 Å². The van der Waals surface area contributed by atoms with Crippen LogP contribution in [-0.2, 0) is 9.59 Å². The van der Waals surface area contributed by atoms with E-state index in [0.29, 0.717) is 18.5 Å². The van der Waals surface area contributed by atoms with E-state index >= 15 is 0 Å². The van der Waals surface area contributed by atoms with Crippen molar-refractivity contribution in [3.8, 4) is 0 Å². The van der Waals surface area contributed by atoms with Crippen molar-refractivity contribution in [2.45, 2.75) is 44.3 Å². The molecule has 2 amide bonds. The Balaban J connectivity index is 1.42. The van der Waals surface area contributed by atoms with Gasteiger partial charge in [-0.05, 0) is 25.0 Å². The van der Waals surface area contributed by atoms with Crippen molar-refractivity contribution >= 4 is 17.5 Å². The van der Waals surface area contributed by atoms with Gasteiger partial charge >= 0.3 is 0 Å². The molecule has 3 N–H and O–H groups in total. The summed E-state index contributed by atoms with van der Waals surface area (Å²) in [5.74, 6) is -0.835. The number of hydrogen-bond acceptors (Lipinski definition) is 4. The minimum Gasteiger partial charge on any atom is -0.325 e. The van der Waals surface area contributed by atoms with Crippen LogP contribution in [-0.4, -0.2) is 35.5 Å². The molecule has 1 saturated carbocycles. The lowest BCUT2D eigenvalue weighted by atomic mass is 9.84. The maximum Gasteiger partial charge on any atom is 0.229 e. The molecule has 0 aromatic heterocycles. The molecule has 6 nitrogen and oxygen atoms in total. The highest BCUT2D eigenvalue weighted by Crippen LogP contribution is 2.34. The van der Waals surface area contributed by atoms with Crippen LogP contribution in [0.4, 0.5) is 10.1 Å². The molecule has 1 aromatic carbocycles. The molecule has 4 rings (SSSR count). The molecule has 0 spiro atoms. The first-order valence-electron chi connectivity index (χ1n) is 8.99. The fourth-order valence-electron chi connectivity index (χ4n) is 4.30. The van der Waals surface area contributed by atoms with Crippen LogP contribution in [0.5, 0.6) is 0 Å². The average molecular weight is 346 g/mol. The van der Waals surface area contributed by atoms with E-state index in [1.807, 2.05) is 0 Å². The first kappa shape index (κ1) is 16.5. The van der Waals surface area contributed by atoms with Gasteiger partial charge in [0.05, 0.1) is 17.8 Å². The lowest BCUT2D eigenvalue weighted by Gasteiger charge is -2.32. The molecule has 2 aliphatic heterocycles. The quantitative estimate of drug-likeness (QED) is 0.777. The number of benzene rings is 1. The summed E-state index contributed by atoms with van der Waals surface area (Å²) < 4.78 is 13.7. The van der Waals surface area contributed by atoms with Gasteiger partial charge in [-0.2, -0.15) is 0 Å². The largest absolute Gasteiger partial charge is 0.325 e. The highest BCUT2D eigenvalue weighted by molar-refractivity contribution is 5.97. The topological polar surface area (TPSA) is 73.5 Å². The molecule has 25 heavy (non-hydrogen) atoms. The van der Waals surface area contributed by atoms with Gasteiger partial charge in [0.25, 0.3) is 0 Å². The summed E-state index contributed by atoms with van der Waals surface area (Å²) in [6, 6.07) is 6.47. The molecule has 134 valence electrons. The number of carbonyl (C=O) groups is 2. The molecule has 2 heterocycles. The predicted octanol–water partition coefficient (Wildman–Crippen LogP) is 1.61. The zero-order valence-electron chi connectivity index (χ0n) is 14.0. The fourth-order valence-corrected chi connectivity index (χ4v) is 4.30. The molecule has 3 fully saturated rings. The number of hydrazine groups is 1. The highest BCUT2D eigenvalue weighted by atomic mass is 19.1. The Hall–Kier alpha value is -1.99. The van der Waals surface area contributed by atoms with E-state index in [-0.39, 0.29) is 30.1 Å². The molecule has 2 saturated heterocycles. The predicted molar refractivity (Wildman–Crippen MR) is 90.7 cm³/mol. The van der Waals surface area contributed by atoms with Gasteiger partial charge in [0.2, 0.25) is 11.8 Å². The standard InChI is InChI=1S/C18H23FN4O2/c19-13-6-2-4-8-15(13)20-18(25)11-9-16(24)23(10-11)17-12-5-1-3-7-14(12)21-22-17/h2,4,6,8,11-12,14,17,21-22H,1,3,5,7,9-10H2,(H,20,25). The summed E-state index contributed by atoms with van der Waals surface area (Å²) in [7, 11) is 0. The average Bonchev–Trinajstić information content (AvgIpc) is 3.20. The van der Waals surface area contributed by atoms with Crippen molar-refractivity contribution in [2.75, 3.05) is 11.9 Å². The van der Waals surface area contributed by atoms with Crippen LogP contribution in [0, 0.1) is 17.7 Å². The summed E-state index contributed by atoms with van der Waals surface area (Å²) in [5.41, 5.74) is 6.71. The maximum atomic E-state index is 13.7. The molecule has 4 atom stereocenters. The maximum absolute atomic E-state index is 13.7. The van der Waals surface area contributed by atoms with Crippen LogP contribution in [0.2, 0.25) is 0 Å². The van der Waals surface area contributed by atoms with Gasteiger partial charge in [-0.25, -0.2) is 9.82 Å². The number of rotatable bonds is 3. The van der Waals surface area contributed by atoms with Crippen molar-refractivity contribution in [1.29, 1.82) is 0 Å². The fraction of sp³-hybridized carbons (Fsp3) is 0.556. The number of nitrogens with one attached hydrogen (secondary N) is 3. The number of para-hydroxylation sites is 1. The monoisotopic (exact) mass is 346 g/mol. The number of fused-ring (bicyclic) bond motifs is 1. The minimum absolute atomic E-state index is 0.0146. The second-order valence-corrected chi connectivity index (χ2v) is 7.20. The van der Waals surface area contributed by atoms with Crippen molar-refractivity contribution in [1.82, 2.24) is 15.8 Å². The van der Waals surface area contributed by atoms with Crippen LogP contribution in [0.15, 0.2) is 24.3 Å². The minimum atomic E-state index is -0.469. The third-order valence-electron chi connectivity index (χ3n) is 5.64. The van der Waals surface area contributed by atoms with Gasteiger partial charge in [-0.15, -0.1) is 0 Å². The number of halogens is 1. The van der Waals surface area contributed by atoms with E-state index in [9.17, 15) is 14.0 Å². The second-order valence-electron chi connectivity index (χ2n) is 7.20. The number of likely N-dealkylation sites (tertiary alicyclic amines) is 1. The third kappa shape index (κ3) is 3.14. The van der Waals surface area contributed by atoms with E-state index in [1.165, 1.54) is 25.0 Å². The molecular formula is C18H23FN4O2. The summed E-state index contributed by atoms with van der Waals surface area (Å²) in [6.07, 6.45) is 4.72. The number of hydrogen-bond donors (Lipinski definition) is 3. The molecule has 1 aliphatic carbocycles. The van der Waals surface area contributed by atoms with Crippen LogP contribution >= 0.6 is 0 Å². The lowest BCUT2D eigenvalue weighted by molar-refractivity contribution is -0.131. The third-order valence-corrected chi connectivity index (χ3v) is 5.64. The second kappa shape index (κ2) is 6.72. The summed E-state index contributed by atoms with van der Waals surface area (Å²) in [6.45, 7) is 0.377. The van der Waals surface area contributed by atoms with Gasteiger partial charge in [-0.3, -0.25) is 15.0 Å². The van der Waals surface area contributed by atoms with E-state index < -0.39 is 11.7 Å². The Labute approximate surface area is 146 Å². The Bertz CT molecular complexity index is 683. The molecule has 3 aliphatic rings. The summed E-state index contributed by atoms with van der Waals surface area (Å²) in [4.78, 5) is 26.7. The normalized spacial score (nSPS) is 31.9. The van der Waals surface area contributed by atoms with Crippen molar-refractivity contribution < 1.29 is 14.0 Å². The number of carbonyl (C=O) groups excluding carboxylic acids is 2. The van der Waals surface area contributed by atoms with Gasteiger partial charge < -0.3 is 10.2 Å². The Morgan fingerprint density at radius 1 is 1.20 bits per heavy atom. The van der Waals surface area contributed by atoms with E-state index in [1.54, 1.807) is 17.0 Å². The molecule has 4 unspecified atom stereocenters. The molecule has 0 radical (unpaired) electrons. The van der Waals surface area contributed by atoms with Crippen molar-refractivity contribution in [3.63, 3.8) is 0 Å². The first-order valence-corrected chi connectivity index (χ1v) is 8.99. The van der Waals surface area contributed by atoms with E-state index in [0.717, 1.165) is 12.8 Å². The molecule has 7 heteroatoms. The lowest BCUT2D eigenvalue weighted by Crippen LogP contribution is -2.48. The van der Waals surface area contributed by atoms with Crippen LogP contribution < -0.4 is 16.2 Å². The van der Waals surface area contributed by atoms with Gasteiger partial charge in [0.15, 0.2) is 0 Å². The zero-order valence-corrected chi connectivity index (χ0v) is 14.0. The van der Waals surface area contributed by atoms with Crippen LogP contribution in [0.3, 0.4) is 0 Å². The Kier molecular flexibility index (Phi) is 4.43. The Morgan fingerprint density at radius 3 is 2.84 bits per heavy atom. The van der Waals surface area contributed by atoms with Crippen molar-refractivity contribution in [3.05, 3.63) is 30.1 Å². The molecule has 1 aromatic rings. The number of nitrogens with zero attached hydrogens (tertiary/aromatic N) is 1. The highest BCUT2D eigenvalue weighted by Gasteiger charge is 2.46. The SMILES string of the molecule is O=C(Nc1ccccc1F)C1CC(=O)N(C2NNC3CCCCC32)C1. The van der Waals surface area contributed by atoms with Crippen LogP contribution in [0.25, 0.3) is 0 Å². The van der Waals surface area contributed by atoms with E-state index in [4.69, 9.17) is 0 Å². The van der Waals surface area contributed by atoms with Gasteiger partial charge in [0, 0.05) is 24.9 Å². The Morgan fingerprint density at radius 2 is 2.00 bits per heavy atom. The molecule has 0 bridgehead atoms. The zero-order chi connectivity index (χ0) is 17.4. The van der Waals surface area contributed by atoms with Crippen LogP contribution in [0.1, 0.15) is 32.1 Å². The summed E-state index contributed by atoms with van der Waals surface area (Å²) in [5, 5.41) is 2.61. The number of amides is 2. The van der Waals surface area contributed by atoms with Crippen molar-refractivity contribution in [2.24, 2.45) is 11.8 Å². The smallest absolute Gasteiger partial charge is 0.229 e. The van der Waals surface area contributed by atoms with E-state index in [2.05, 4.69) is 16.2 Å². The first-order chi connectivity index (χ1) is 12.1. The summed E-state index contributed by atoms with van der Waals surface area (Å²) >= 11 is 0. The van der Waals surface area contributed by atoms with Gasteiger partial charge in [0.1, 0.15) is 5.82 Å². The number of anilines is 1. The molecular weight excluding hydrogens is 323 g/mol.